The standard InChI is InChI=1S/C19H24N2O7/c1-21-14-5-4-12(8-18(23)24)28-16(14)9-27-15-6-3-11(7-13(15)19(21)25)20-17(22)10-26-2/h3,6-7,12,14,16H,4-5,8-10H2,1-2H3,(H,20,22)(H,23,24)/t12-,14-,16+/m0/s1. The lowest BCUT2D eigenvalue weighted by Gasteiger charge is -2.42. The predicted molar refractivity (Wildman–Crippen MR) is 98.5 cm³/mol. The number of hydrogen-bond donors (Lipinski definition) is 2. The van der Waals surface area contributed by atoms with Crippen LogP contribution in [0.1, 0.15) is 29.6 Å². The third-order valence-corrected chi connectivity index (χ3v) is 4.97. The number of amides is 2. The van der Waals surface area contributed by atoms with Gasteiger partial charge in [-0.05, 0) is 31.0 Å². The molecule has 0 spiro atoms. The van der Waals surface area contributed by atoms with E-state index in [0.717, 1.165) is 0 Å². The van der Waals surface area contributed by atoms with Gasteiger partial charge in [-0.15, -0.1) is 0 Å². The Kier molecular flexibility index (Phi) is 6.15. The molecular formula is C19H24N2O7. The highest BCUT2D eigenvalue weighted by molar-refractivity contribution is 6.00. The van der Waals surface area contributed by atoms with Crippen LogP contribution in [0.15, 0.2) is 18.2 Å². The molecule has 9 heteroatoms. The molecule has 0 unspecified atom stereocenters. The quantitative estimate of drug-likeness (QED) is 0.772. The second-order valence-corrected chi connectivity index (χ2v) is 6.96. The van der Waals surface area contributed by atoms with Crippen LogP contribution < -0.4 is 10.1 Å². The van der Waals surface area contributed by atoms with Gasteiger partial charge in [0.1, 0.15) is 25.1 Å². The summed E-state index contributed by atoms with van der Waals surface area (Å²) in [6.07, 6.45) is 0.338. The summed E-state index contributed by atoms with van der Waals surface area (Å²) in [7, 11) is 3.13. The molecule has 0 bridgehead atoms. The van der Waals surface area contributed by atoms with Gasteiger partial charge < -0.3 is 29.5 Å². The van der Waals surface area contributed by atoms with Crippen molar-refractivity contribution < 1.29 is 33.7 Å². The Morgan fingerprint density at radius 3 is 2.86 bits per heavy atom. The summed E-state index contributed by atoms with van der Waals surface area (Å²) in [5, 5.41) is 11.7. The first-order chi connectivity index (χ1) is 13.4. The number of ether oxygens (including phenoxy) is 3. The summed E-state index contributed by atoms with van der Waals surface area (Å²) < 4.78 is 16.5. The smallest absolute Gasteiger partial charge is 0.305 e. The van der Waals surface area contributed by atoms with Crippen molar-refractivity contribution in [3.05, 3.63) is 23.8 Å². The van der Waals surface area contributed by atoms with E-state index in [9.17, 15) is 14.4 Å². The summed E-state index contributed by atoms with van der Waals surface area (Å²) in [5.41, 5.74) is 0.827. The summed E-state index contributed by atoms with van der Waals surface area (Å²) in [4.78, 5) is 37.3. The average molecular weight is 392 g/mol. The molecule has 0 aromatic heterocycles. The number of aliphatic carboxylic acids is 1. The van der Waals surface area contributed by atoms with E-state index < -0.39 is 12.1 Å². The first-order valence-electron chi connectivity index (χ1n) is 9.09. The highest BCUT2D eigenvalue weighted by Gasteiger charge is 2.39. The highest BCUT2D eigenvalue weighted by Crippen LogP contribution is 2.32. The molecule has 0 saturated carbocycles. The van der Waals surface area contributed by atoms with Crippen molar-refractivity contribution in [2.45, 2.75) is 37.5 Å². The third-order valence-electron chi connectivity index (χ3n) is 4.97. The lowest BCUT2D eigenvalue weighted by molar-refractivity contribution is -0.148. The minimum atomic E-state index is -0.909. The fraction of sp³-hybridized carbons (Fsp3) is 0.526. The number of hydrogen-bond acceptors (Lipinski definition) is 6. The van der Waals surface area contributed by atoms with Crippen LogP contribution >= 0.6 is 0 Å². The van der Waals surface area contributed by atoms with Crippen LogP contribution in [0, 0.1) is 0 Å². The first-order valence-corrected chi connectivity index (χ1v) is 9.09. The maximum atomic E-state index is 13.0. The summed E-state index contributed by atoms with van der Waals surface area (Å²) in [5.74, 6) is -1.08. The largest absolute Gasteiger partial charge is 0.490 e. The fourth-order valence-electron chi connectivity index (χ4n) is 3.63. The molecular weight excluding hydrogens is 368 g/mol. The number of nitrogens with zero attached hydrogens (tertiary/aromatic N) is 1. The van der Waals surface area contributed by atoms with Crippen LogP contribution in [-0.4, -0.2) is 73.4 Å². The molecule has 2 aliphatic heterocycles. The number of fused-ring (bicyclic) bond motifs is 2. The Morgan fingerprint density at radius 1 is 1.36 bits per heavy atom. The van der Waals surface area contributed by atoms with Gasteiger partial charge in [0.05, 0.1) is 24.1 Å². The van der Waals surface area contributed by atoms with Gasteiger partial charge in [0.15, 0.2) is 0 Å². The van der Waals surface area contributed by atoms with Crippen molar-refractivity contribution in [1.82, 2.24) is 4.90 Å². The van der Waals surface area contributed by atoms with Gasteiger partial charge >= 0.3 is 5.97 Å². The van der Waals surface area contributed by atoms with E-state index in [-0.39, 0.29) is 43.6 Å². The molecule has 0 radical (unpaired) electrons. The van der Waals surface area contributed by atoms with Crippen molar-refractivity contribution in [2.75, 3.05) is 32.7 Å². The van der Waals surface area contributed by atoms with Gasteiger partial charge in [0, 0.05) is 19.8 Å². The molecule has 28 heavy (non-hydrogen) atoms. The molecule has 2 amide bonds. The number of carbonyl (C=O) groups is 3. The van der Waals surface area contributed by atoms with Crippen LogP contribution in [0.4, 0.5) is 5.69 Å². The number of methoxy groups -OCH3 is 1. The minimum Gasteiger partial charge on any atom is -0.490 e. The second kappa shape index (κ2) is 8.57. The van der Waals surface area contributed by atoms with Gasteiger partial charge in [-0.2, -0.15) is 0 Å². The Balaban J connectivity index is 1.80. The van der Waals surface area contributed by atoms with Crippen molar-refractivity contribution in [2.24, 2.45) is 0 Å². The fourth-order valence-corrected chi connectivity index (χ4v) is 3.63. The van der Waals surface area contributed by atoms with Crippen LogP contribution in [0.3, 0.4) is 0 Å². The van der Waals surface area contributed by atoms with Crippen LogP contribution in [0.2, 0.25) is 0 Å². The molecule has 9 nitrogen and oxygen atoms in total. The number of likely N-dealkylation sites (N-methyl/N-ethyl adjacent to an activating group) is 1. The van der Waals surface area contributed by atoms with Gasteiger partial charge in [-0.1, -0.05) is 0 Å². The number of rotatable bonds is 5. The summed E-state index contributed by atoms with van der Waals surface area (Å²) in [6.45, 7) is 0.126. The van der Waals surface area contributed by atoms with E-state index in [0.29, 0.717) is 29.8 Å². The van der Waals surface area contributed by atoms with Crippen LogP contribution in [0.25, 0.3) is 0 Å². The van der Waals surface area contributed by atoms with Gasteiger partial charge in [-0.3, -0.25) is 14.4 Å². The zero-order valence-corrected chi connectivity index (χ0v) is 15.8. The van der Waals surface area contributed by atoms with E-state index in [1.165, 1.54) is 7.11 Å². The molecule has 2 heterocycles. The van der Waals surface area contributed by atoms with E-state index >= 15 is 0 Å². The van der Waals surface area contributed by atoms with Crippen LogP contribution in [-0.2, 0) is 19.1 Å². The molecule has 1 aromatic rings. The SMILES string of the molecule is COCC(=O)Nc1ccc2c(c1)C(=O)N(C)[C@H]1CC[C@@H](CC(=O)O)O[C@@H]1CO2. The monoisotopic (exact) mass is 392 g/mol. The second-order valence-electron chi connectivity index (χ2n) is 6.96. The van der Waals surface area contributed by atoms with Crippen molar-refractivity contribution in [3.8, 4) is 5.75 Å². The van der Waals surface area contributed by atoms with Crippen molar-refractivity contribution >= 4 is 23.5 Å². The van der Waals surface area contributed by atoms with E-state index in [2.05, 4.69) is 5.32 Å². The first kappa shape index (κ1) is 20.1. The number of carboxylic acids is 1. The molecule has 3 atom stereocenters. The van der Waals surface area contributed by atoms with Crippen LogP contribution in [0.5, 0.6) is 5.75 Å². The van der Waals surface area contributed by atoms with Crippen molar-refractivity contribution in [3.63, 3.8) is 0 Å². The predicted octanol–water partition coefficient (Wildman–Crippen LogP) is 1.13. The summed E-state index contributed by atoms with van der Waals surface area (Å²) >= 11 is 0. The number of benzene rings is 1. The van der Waals surface area contributed by atoms with Gasteiger partial charge in [0.2, 0.25) is 5.91 Å². The van der Waals surface area contributed by atoms with E-state index in [4.69, 9.17) is 19.3 Å². The lowest BCUT2D eigenvalue weighted by atomic mass is 9.94. The molecule has 1 fully saturated rings. The zero-order valence-electron chi connectivity index (χ0n) is 15.8. The normalized spacial score (nSPS) is 24.3. The topological polar surface area (TPSA) is 114 Å². The van der Waals surface area contributed by atoms with E-state index in [1.54, 1.807) is 30.1 Å². The maximum absolute atomic E-state index is 13.0. The van der Waals surface area contributed by atoms with Gasteiger partial charge in [0.25, 0.3) is 5.91 Å². The number of carbonyl (C=O) groups excluding carboxylic acids is 2. The Hall–Kier alpha value is -2.65. The van der Waals surface area contributed by atoms with E-state index in [1.807, 2.05) is 0 Å². The lowest BCUT2D eigenvalue weighted by Crippen LogP contribution is -2.53. The summed E-state index contributed by atoms with van der Waals surface area (Å²) in [6, 6.07) is 4.64. The average Bonchev–Trinajstić information content (AvgIpc) is 2.65. The molecule has 3 rings (SSSR count). The molecule has 152 valence electrons. The Bertz CT molecular complexity index is 767. The number of anilines is 1. The molecule has 1 aromatic carbocycles. The molecule has 0 aliphatic carbocycles. The maximum Gasteiger partial charge on any atom is 0.305 e. The Morgan fingerprint density at radius 2 is 2.14 bits per heavy atom. The zero-order chi connectivity index (χ0) is 20.3. The third kappa shape index (κ3) is 4.42. The molecule has 2 N–H and O–H groups in total. The number of carboxylic acid groups (broad SMARTS) is 1. The Labute approximate surface area is 162 Å². The molecule has 2 aliphatic rings. The molecule has 1 saturated heterocycles. The van der Waals surface area contributed by atoms with Crippen molar-refractivity contribution in [1.29, 1.82) is 0 Å². The van der Waals surface area contributed by atoms with Gasteiger partial charge in [-0.25, -0.2) is 0 Å². The minimum absolute atomic E-state index is 0.0675. The number of nitrogens with one attached hydrogen (secondary N) is 1. The highest BCUT2D eigenvalue weighted by atomic mass is 16.5.